The third-order valence-corrected chi connectivity index (χ3v) is 5.82. The van der Waals surface area contributed by atoms with Gasteiger partial charge in [-0.15, -0.1) is 0 Å². The van der Waals surface area contributed by atoms with Crippen molar-refractivity contribution in [3.05, 3.63) is 23.8 Å². The number of nitrogens with zero attached hydrogens (tertiary/aromatic N) is 1. The molecule has 24 heavy (non-hydrogen) atoms. The maximum Gasteiger partial charge on any atom is 0.231 e. The number of methoxy groups -OCH3 is 1. The van der Waals surface area contributed by atoms with Crippen molar-refractivity contribution >= 4 is 0 Å². The fourth-order valence-corrected chi connectivity index (χ4v) is 4.39. The number of hydrogen-bond donors (Lipinski definition) is 0. The van der Waals surface area contributed by atoms with Gasteiger partial charge in [-0.2, -0.15) is 0 Å². The van der Waals surface area contributed by atoms with Gasteiger partial charge in [-0.1, -0.05) is 6.07 Å². The molecule has 1 aromatic carbocycles. The van der Waals surface area contributed by atoms with Crippen LogP contribution in [-0.2, 0) is 16.0 Å². The van der Waals surface area contributed by atoms with Crippen molar-refractivity contribution < 1.29 is 18.9 Å². The van der Waals surface area contributed by atoms with Crippen molar-refractivity contribution in [2.45, 2.75) is 37.8 Å². The molecule has 0 amide bonds. The monoisotopic (exact) mass is 333 g/mol. The second-order valence-electron chi connectivity index (χ2n) is 7.14. The summed E-state index contributed by atoms with van der Waals surface area (Å²) in [4.78, 5) is 2.53. The fourth-order valence-electron chi connectivity index (χ4n) is 4.39. The molecule has 5 nitrogen and oxygen atoms in total. The van der Waals surface area contributed by atoms with Crippen LogP contribution in [0.1, 0.15) is 31.2 Å². The average molecular weight is 333 g/mol. The van der Waals surface area contributed by atoms with Gasteiger partial charge in [0.1, 0.15) is 0 Å². The second kappa shape index (κ2) is 6.90. The molecule has 0 unspecified atom stereocenters. The molecule has 0 aromatic heterocycles. The third kappa shape index (κ3) is 3.13. The first-order chi connectivity index (χ1) is 11.8. The SMILES string of the molecule is COCC[C@@H]1CCOC12CCN(Cc1ccc3c(c1)OCO3)CC2. The van der Waals surface area contributed by atoms with Crippen molar-refractivity contribution in [2.75, 3.05) is 40.2 Å². The van der Waals surface area contributed by atoms with E-state index in [4.69, 9.17) is 18.9 Å². The average Bonchev–Trinajstić information content (AvgIpc) is 3.22. The van der Waals surface area contributed by atoms with E-state index in [0.29, 0.717) is 12.7 Å². The standard InChI is InChI=1S/C19H27NO4/c1-21-10-4-16-5-11-24-19(16)6-8-20(9-7-19)13-15-2-3-17-18(12-15)23-14-22-17/h2-3,12,16H,4-11,13-14H2,1H3/t16-/m1/s1. The molecule has 3 heterocycles. The van der Waals surface area contributed by atoms with Gasteiger partial charge in [-0.3, -0.25) is 4.90 Å². The van der Waals surface area contributed by atoms with Gasteiger partial charge in [-0.05, 0) is 49.3 Å². The van der Waals surface area contributed by atoms with Crippen LogP contribution in [0.3, 0.4) is 0 Å². The maximum absolute atomic E-state index is 6.23. The van der Waals surface area contributed by atoms with Gasteiger partial charge in [0.05, 0.1) is 5.60 Å². The van der Waals surface area contributed by atoms with Gasteiger partial charge >= 0.3 is 0 Å². The van der Waals surface area contributed by atoms with E-state index in [1.54, 1.807) is 7.11 Å². The smallest absolute Gasteiger partial charge is 0.231 e. The Hall–Kier alpha value is -1.30. The summed E-state index contributed by atoms with van der Waals surface area (Å²) in [5.74, 6) is 2.39. The second-order valence-corrected chi connectivity index (χ2v) is 7.14. The number of ether oxygens (including phenoxy) is 4. The van der Waals surface area contributed by atoms with Crippen molar-refractivity contribution in [3.63, 3.8) is 0 Å². The Morgan fingerprint density at radius 2 is 2.04 bits per heavy atom. The van der Waals surface area contributed by atoms with Gasteiger partial charge < -0.3 is 18.9 Å². The van der Waals surface area contributed by atoms with E-state index in [9.17, 15) is 0 Å². The molecule has 2 saturated heterocycles. The van der Waals surface area contributed by atoms with Crippen molar-refractivity contribution in [2.24, 2.45) is 5.92 Å². The molecular weight excluding hydrogens is 306 g/mol. The summed E-state index contributed by atoms with van der Waals surface area (Å²) in [6.45, 7) is 5.25. The molecule has 3 aliphatic heterocycles. The molecule has 0 radical (unpaired) electrons. The Morgan fingerprint density at radius 1 is 1.21 bits per heavy atom. The summed E-state index contributed by atoms with van der Waals surface area (Å²) >= 11 is 0. The topological polar surface area (TPSA) is 40.2 Å². The van der Waals surface area contributed by atoms with Crippen LogP contribution in [0.2, 0.25) is 0 Å². The molecule has 1 atom stereocenters. The summed E-state index contributed by atoms with van der Waals surface area (Å²) < 4.78 is 22.4. The van der Waals surface area contributed by atoms with E-state index >= 15 is 0 Å². The summed E-state index contributed by atoms with van der Waals surface area (Å²) in [5.41, 5.74) is 1.39. The highest BCUT2D eigenvalue weighted by Gasteiger charge is 2.45. The van der Waals surface area contributed by atoms with E-state index in [1.807, 2.05) is 6.07 Å². The van der Waals surface area contributed by atoms with Crippen molar-refractivity contribution in [3.8, 4) is 11.5 Å². The van der Waals surface area contributed by atoms with Crippen LogP contribution in [0.15, 0.2) is 18.2 Å². The molecule has 1 spiro atoms. The Labute approximate surface area is 143 Å². The lowest BCUT2D eigenvalue weighted by atomic mass is 9.78. The molecular formula is C19H27NO4. The zero-order chi connectivity index (χ0) is 16.4. The lowest BCUT2D eigenvalue weighted by molar-refractivity contribution is -0.0721. The maximum atomic E-state index is 6.23. The molecule has 5 heteroatoms. The van der Waals surface area contributed by atoms with Gasteiger partial charge in [0, 0.05) is 40.0 Å². The normalized spacial score (nSPS) is 25.5. The van der Waals surface area contributed by atoms with E-state index in [1.165, 1.54) is 12.0 Å². The third-order valence-electron chi connectivity index (χ3n) is 5.82. The Kier molecular flexibility index (Phi) is 4.66. The molecule has 0 saturated carbocycles. The minimum atomic E-state index is 0.101. The minimum absolute atomic E-state index is 0.101. The zero-order valence-corrected chi connectivity index (χ0v) is 14.5. The molecule has 0 aliphatic carbocycles. The number of fused-ring (bicyclic) bond motifs is 1. The van der Waals surface area contributed by atoms with Crippen molar-refractivity contribution in [1.29, 1.82) is 0 Å². The van der Waals surface area contributed by atoms with E-state index < -0.39 is 0 Å². The zero-order valence-electron chi connectivity index (χ0n) is 14.5. The van der Waals surface area contributed by atoms with Crippen LogP contribution in [0, 0.1) is 5.92 Å². The first kappa shape index (κ1) is 16.2. The Balaban J connectivity index is 1.34. The van der Waals surface area contributed by atoms with Crippen LogP contribution in [0.25, 0.3) is 0 Å². The summed E-state index contributed by atoms with van der Waals surface area (Å²) in [6, 6.07) is 6.27. The number of hydrogen-bond acceptors (Lipinski definition) is 5. The van der Waals surface area contributed by atoms with E-state index in [0.717, 1.165) is 63.6 Å². The lowest BCUT2D eigenvalue weighted by Crippen LogP contribution is -2.47. The molecule has 0 N–H and O–H groups in total. The molecule has 1 aromatic rings. The van der Waals surface area contributed by atoms with Crippen LogP contribution >= 0.6 is 0 Å². The van der Waals surface area contributed by atoms with Gasteiger partial charge in [-0.25, -0.2) is 0 Å². The van der Waals surface area contributed by atoms with Gasteiger partial charge in [0.25, 0.3) is 0 Å². The summed E-state index contributed by atoms with van der Waals surface area (Å²) in [6.07, 6.45) is 4.57. The lowest BCUT2D eigenvalue weighted by Gasteiger charge is -2.42. The predicted octanol–water partition coefficient (Wildman–Crippen LogP) is 2.82. The fraction of sp³-hybridized carbons (Fsp3) is 0.684. The summed E-state index contributed by atoms with van der Waals surface area (Å²) in [7, 11) is 1.79. The predicted molar refractivity (Wildman–Crippen MR) is 90.4 cm³/mol. The van der Waals surface area contributed by atoms with Gasteiger partial charge in [0.2, 0.25) is 6.79 Å². The van der Waals surface area contributed by atoms with E-state index in [2.05, 4.69) is 17.0 Å². The first-order valence-corrected chi connectivity index (χ1v) is 9.03. The molecule has 2 fully saturated rings. The number of likely N-dealkylation sites (tertiary alicyclic amines) is 1. The van der Waals surface area contributed by atoms with Crippen LogP contribution in [-0.4, -0.2) is 50.7 Å². The molecule has 0 bridgehead atoms. The molecule has 4 rings (SSSR count). The molecule has 3 aliphatic rings. The molecule has 132 valence electrons. The largest absolute Gasteiger partial charge is 0.454 e. The van der Waals surface area contributed by atoms with Crippen molar-refractivity contribution in [1.82, 2.24) is 4.90 Å². The quantitative estimate of drug-likeness (QED) is 0.829. The van der Waals surface area contributed by atoms with Gasteiger partial charge in [0.15, 0.2) is 11.5 Å². The van der Waals surface area contributed by atoms with E-state index in [-0.39, 0.29) is 5.60 Å². The van der Waals surface area contributed by atoms with Crippen LogP contribution in [0.5, 0.6) is 11.5 Å². The van der Waals surface area contributed by atoms with Crippen LogP contribution < -0.4 is 9.47 Å². The van der Waals surface area contributed by atoms with Crippen LogP contribution in [0.4, 0.5) is 0 Å². The Morgan fingerprint density at radius 3 is 2.88 bits per heavy atom. The highest BCUT2D eigenvalue weighted by molar-refractivity contribution is 5.44. The number of benzene rings is 1. The number of piperidine rings is 1. The number of rotatable bonds is 5. The highest BCUT2D eigenvalue weighted by atomic mass is 16.7. The minimum Gasteiger partial charge on any atom is -0.454 e. The Bertz CT molecular complexity index is 568. The highest BCUT2D eigenvalue weighted by Crippen LogP contribution is 2.42. The first-order valence-electron chi connectivity index (χ1n) is 9.03. The summed E-state index contributed by atoms with van der Waals surface area (Å²) in [5, 5.41) is 0.